The van der Waals surface area contributed by atoms with Gasteiger partial charge in [0.05, 0.1) is 8.67 Å². The Labute approximate surface area is 127 Å². The lowest BCUT2D eigenvalue weighted by atomic mass is 10.2. The second-order valence-electron chi connectivity index (χ2n) is 3.61. The summed E-state index contributed by atoms with van der Waals surface area (Å²) < 4.78 is 2.63. The van der Waals surface area contributed by atoms with Crippen LogP contribution in [0.5, 0.6) is 0 Å². The van der Waals surface area contributed by atoms with Crippen LogP contribution in [0.3, 0.4) is 0 Å². The molecule has 2 heterocycles. The van der Waals surface area contributed by atoms with Crippen LogP contribution in [-0.4, -0.2) is 0 Å². The van der Waals surface area contributed by atoms with Crippen molar-refractivity contribution in [2.24, 2.45) is 0 Å². The lowest BCUT2D eigenvalue weighted by Crippen LogP contribution is -2.17. The van der Waals surface area contributed by atoms with E-state index in [0.717, 1.165) is 25.3 Å². The van der Waals surface area contributed by atoms with Gasteiger partial charge in [-0.3, -0.25) is 0 Å². The van der Waals surface area contributed by atoms with Crippen molar-refractivity contribution in [2.45, 2.75) is 19.5 Å². The number of thiophene rings is 2. The summed E-state index contributed by atoms with van der Waals surface area (Å²) >= 11 is 18.6. The van der Waals surface area contributed by atoms with Crippen LogP contribution in [0, 0.1) is 0 Å². The predicted octanol–water partition coefficient (Wildman–Crippen LogP) is 5.73. The van der Waals surface area contributed by atoms with Crippen molar-refractivity contribution >= 4 is 61.8 Å². The van der Waals surface area contributed by atoms with E-state index in [-0.39, 0.29) is 6.04 Å². The van der Waals surface area contributed by atoms with Crippen LogP contribution in [0.15, 0.2) is 22.0 Å². The van der Waals surface area contributed by atoms with Crippen LogP contribution in [0.25, 0.3) is 0 Å². The third-order valence-corrected chi connectivity index (χ3v) is 5.57. The molecule has 1 N–H and O–H groups in total. The second-order valence-corrected chi connectivity index (χ2v) is 7.81. The van der Waals surface area contributed by atoms with E-state index >= 15 is 0 Å². The Hall–Kier alpha value is 0.420. The fourth-order valence-corrected chi connectivity index (χ4v) is 4.51. The molecular formula is C11H10BrCl2NS2. The van der Waals surface area contributed by atoms with E-state index in [4.69, 9.17) is 23.2 Å². The molecule has 1 unspecified atom stereocenters. The summed E-state index contributed by atoms with van der Waals surface area (Å²) in [7, 11) is 0. The standard InChI is InChI=1S/C11H10BrCl2NS2/c1-6(9-3-10(13)17-11(9)14)15-4-8-2-7(12)5-16-8/h2-3,5-6,15H,4H2,1H3. The van der Waals surface area contributed by atoms with Gasteiger partial charge in [0.2, 0.25) is 0 Å². The fraction of sp³-hybridized carbons (Fsp3) is 0.273. The van der Waals surface area contributed by atoms with E-state index in [0.29, 0.717) is 0 Å². The topological polar surface area (TPSA) is 12.0 Å². The minimum Gasteiger partial charge on any atom is -0.305 e. The number of hydrogen-bond donors (Lipinski definition) is 1. The zero-order valence-corrected chi connectivity index (χ0v) is 13.7. The van der Waals surface area contributed by atoms with Gasteiger partial charge in [-0.25, -0.2) is 0 Å². The molecule has 0 aliphatic heterocycles. The minimum atomic E-state index is 0.201. The van der Waals surface area contributed by atoms with E-state index in [9.17, 15) is 0 Å². The zero-order chi connectivity index (χ0) is 12.4. The van der Waals surface area contributed by atoms with Gasteiger partial charge in [-0.05, 0) is 40.5 Å². The molecule has 1 atom stereocenters. The van der Waals surface area contributed by atoms with Gasteiger partial charge in [-0.2, -0.15) is 0 Å². The molecule has 0 radical (unpaired) electrons. The molecule has 0 amide bonds. The highest BCUT2D eigenvalue weighted by Crippen LogP contribution is 2.35. The van der Waals surface area contributed by atoms with Crippen molar-refractivity contribution < 1.29 is 0 Å². The average molecular weight is 371 g/mol. The Morgan fingerprint density at radius 3 is 2.71 bits per heavy atom. The zero-order valence-electron chi connectivity index (χ0n) is 8.97. The summed E-state index contributed by atoms with van der Waals surface area (Å²) in [6.45, 7) is 2.92. The third-order valence-electron chi connectivity index (χ3n) is 2.35. The van der Waals surface area contributed by atoms with Crippen molar-refractivity contribution in [3.8, 4) is 0 Å². The lowest BCUT2D eigenvalue weighted by molar-refractivity contribution is 0.580. The van der Waals surface area contributed by atoms with Crippen LogP contribution in [0.2, 0.25) is 8.67 Å². The molecule has 1 nitrogen and oxygen atoms in total. The van der Waals surface area contributed by atoms with Crippen LogP contribution < -0.4 is 5.32 Å². The summed E-state index contributed by atoms with van der Waals surface area (Å²) in [4.78, 5) is 1.29. The van der Waals surface area contributed by atoms with Gasteiger partial charge < -0.3 is 5.32 Å². The molecule has 0 aliphatic carbocycles. The highest BCUT2D eigenvalue weighted by molar-refractivity contribution is 9.10. The Morgan fingerprint density at radius 2 is 2.18 bits per heavy atom. The van der Waals surface area contributed by atoms with Gasteiger partial charge in [0.15, 0.2) is 0 Å². The smallest absolute Gasteiger partial charge is 0.0991 e. The second kappa shape index (κ2) is 6.04. The van der Waals surface area contributed by atoms with Gasteiger partial charge in [-0.1, -0.05) is 23.2 Å². The molecule has 17 heavy (non-hydrogen) atoms. The van der Waals surface area contributed by atoms with Crippen LogP contribution >= 0.6 is 61.8 Å². The van der Waals surface area contributed by atoms with Crippen molar-refractivity contribution in [3.05, 3.63) is 41.1 Å². The van der Waals surface area contributed by atoms with Gasteiger partial charge >= 0.3 is 0 Å². The molecule has 0 saturated heterocycles. The molecule has 2 aromatic heterocycles. The average Bonchev–Trinajstić information content (AvgIpc) is 2.81. The van der Waals surface area contributed by atoms with E-state index < -0.39 is 0 Å². The van der Waals surface area contributed by atoms with E-state index in [2.05, 4.69) is 39.6 Å². The predicted molar refractivity (Wildman–Crippen MR) is 81.6 cm³/mol. The molecule has 92 valence electrons. The first-order valence-electron chi connectivity index (χ1n) is 4.97. The Bertz CT molecular complexity index is 509. The maximum atomic E-state index is 6.11. The van der Waals surface area contributed by atoms with Crippen molar-refractivity contribution in [1.29, 1.82) is 0 Å². The summed E-state index contributed by atoms with van der Waals surface area (Å²) in [6, 6.07) is 4.25. The van der Waals surface area contributed by atoms with E-state index in [1.807, 2.05) is 6.07 Å². The largest absolute Gasteiger partial charge is 0.305 e. The normalized spacial score (nSPS) is 12.9. The van der Waals surface area contributed by atoms with E-state index in [1.54, 1.807) is 11.3 Å². The Kier molecular flexibility index (Phi) is 4.92. The van der Waals surface area contributed by atoms with Crippen molar-refractivity contribution in [1.82, 2.24) is 5.32 Å². The molecule has 0 saturated carbocycles. The summed E-state index contributed by atoms with van der Waals surface area (Å²) in [6.07, 6.45) is 0. The molecule has 2 rings (SSSR count). The lowest BCUT2D eigenvalue weighted by Gasteiger charge is -2.12. The summed E-state index contributed by atoms with van der Waals surface area (Å²) in [5.74, 6) is 0. The summed E-state index contributed by atoms with van der Waals surface area (Å²) in [5.41, 5.74) is 1.07. The summed E-state index contributed by atoms with van der Waals surface area (Å²) in [5, 5.41) is 5.52. The number of nitrogens with one attached hydrogen (secondary N) is 1. The van der Waals surface area contributed by atoms with Gasteiger partial charge in [0.25, 0.3) is 0 Å². The fourth-order valence-electron chi connectivity index (χ4n) is 1.46. The third kappa shape index (κ3) is 3.69. The van der Waals surface area contributed by atoms with Gasteiger partial charge in [0, 0.05) is 27.3 Å². The van der Waals surface area contributed by atoms with Crippen LogP contribution in [0.1, 0.15) is 23.4 Å². The minimum absolute atomic E-state index is 0.201. The number of rotatable bonds is 4. The molecule has 0 aromatic carbocycles. The molecule has 2 aromatic rings. The number of halogens is 3. The van der Waals surface area contributed by atoms with Crippen LogP contribution in [-0.2, 0) is 6.54 Å². The molecule has 0 fully saturated rings. The monoisotopic (exact) mass is 369 g/mol. The molecule has 0 bridgehead atoms. The molecule has 0 aliphatic rings. The van der Waals surface area contributed by atoms with E-state index in [1.165, 1.54) is 16.2 Å². The first-order chi connectivity index (χ1) is 8.06. The number of hydrogen-bond acceptors (Lipinski definition) is 3. The molecule has 0 spiro atoms. The Balaban J connectivity index is 1.97. The molecular weight excluding hydrogens is 361 g/mol. The quantitative estimate of drug-likeness (QED) is 0.724. The highest BCUT2D eigenvalue weighted by atomic mass is 79.9. The van der Waals surface area contributed by atoms with Crippen molar-refractivity contribution in [3.63, 3.8) is 0 Å². The first-order valence-corrected chi connectivity index (χ1v) is 8.22. The maximum absolute atomic E-state index is 6.11. The maximum Gasteiger partial charge on any atom is 0.0991 e. The highest BCUT2D eigenvalue weighted by Gasteiger charge is 2.13. The van der Waals surface area contributed by atoms with Gasteiger partial charge in [0.1, 0.15) is 0 Å². The van der Waals surface area contributed by atoms with Crippen LogP contribution in [0.4, 0.5) is 0 Å². The van der Waals surface area contributed by atoms with Crippen molar-refractivity contribution in [2.75, 3.05) is 0 Å². The first kappa shape index (κ1) is 13.8. The van der Waals surface area contributed by atoms with Gasteiger partial charge in [-0.15, -0.1) is 22.7 Å². The Morgan fingerprint density at radius 1 is 1.41 bits per heavy atom. The SMILES string of the molecule is CC(NCc1cc(Br)cs1)c1cc(Cl)sc1Cl. The molecule has 6 heteroatoms.